The molecule has 0 saturated heterocycles. The zero-order valence-electron chi connectivity index (χ0n) is 10.5. The van der Waals surface area contributed by atoms with E-state index in [1.54, 1.807) is 18.2 Å². The molecule has 0 aliphatic heterocycles. The van der Waals surface area contributed by atoms with E-state index in [0.29, 0.717) is 10.6 Å². The number of halogens is 3. The van der Waals surface area contributed by atoms with Crippen molar-refractivity contribution in [1.82, 2.24) is 5.32 Å². The number of amides is 1. The SMILES string of the molecule is O=C(NC1CCCCCC1Cl)c1cc(Cl)ccc1Br. The summed E-state index contributed by atoms with van der Waals surface area (Å²) in [5.74, 6) is -0.119. The minimum Gasteiger partial charge on any atom is -0.348 e. The summed E-state index contributed by atoms with van der Waals surface area (Å²) in [6.07, 6.45) is 5.35. The smallest absolute Gasteiger partial charge is 0.252 e. The van der Waals surface area contributed by atoms with Gasteiger partial charge in [0.05, 0.1) is 10.9 Å². The first-order chi connectivity index (χ1) is 9.08. The first kappa shape index (κ1) is 15.1. The third-order valence-corrected chi connectivity index (χ3v) is 4.87. The van der Waals surface area contributed by atoms with Gasteiger partial charge in [-0.1, -0.05) is 30.9 Å². The lowest BCUT2D eigenvalue weighted by Gasteiger charge is -2.21. The van der Waals surface area contributed by atoms with Crippen molar-refractivity contribution in [3.05, 3.63) is 33.3 Å². The maximum atomic E-state index is 12.3. The average molecular weight is 365 g/mol. The Balaban J connectivity index is 2.09. The Morgan fingerprint density at radius 3 is 2.79 bits per heavy atom. The quantitative estimate of drug-likeness (QED) is 0.594. The molecule has 1 N–H and O–H groups in total. The molecule has 1 aliphatic rings. The summed E-state index contributed by atoms with van der Waals surface area (Å²) in [4.78, 5) is 12.3. The minimum absolute atomic E-state index is 0.0180. The number of hydrogen-bond donors (Lipinski definition) is 1. The van der Waals surface area contributed by atoms with Gasteiger partial charge in [-0.2, -0.15) is 0 Å². The minimum atomic E-state index is -0.119. The molecular formula is C14H16BrCl2NO. The Hall–Kier alpha value is -0.250. The number of nitrogens with one attached hydrogen (secondary N) is 1. The van der Waals surface area contributed by atoms with Gasteiger partial charge in [-0.15, -0.1) is 11.6 Å². The molecule has 0 spiro atoms. The predicted octanol–water partition coefficient (Wildman–Crippen LogP) is 4.77. The van der Waals surface area contributed by atoms with Gasteiger partial charge in [0.15, 0.2) is 0 Å². The fraction of sp³-hybridized carbons (Fsp3) is 0.500. The fourth-order valence-corrected chi connectivity index (χ4v) is 3.28. The predicted molar refractivity (Wildman–Crippen MR) is 83.1 cm³/mol. The number of hydrogen-bond acceptors (Lipinski definition) is 1. The maximum absolute atomic E-state index is 12.3. The van der Waals surface area contributed by atoms with Gasteiger partial charge < -0.3 is 5.32 Å². The Morgan fingerprint density at radius 1 is 1.26 bits per heavy atom. The van der Waals surface area contributed by atoms with Crippen LogP contribution in [-0.2, 0) is 0 Å². The van der Waals surface area contributed by atoms with E-state index in [0.717, 1.165) is 30.2 Å². The second-order valence-corrected chi connectivity index (χ2v) is 6.71. The summed E-state index contributed by atoms with van der Waals surface area (Å²) in [7, 11) is 0. The van der Waals surface area contributed by atoms with E-state index in [-0.39, 0.29) is 17.3 Å². The summed E-state index contributed by atoms with van der Waals surface area (Å²) in [5, 5.41) is 3.60. The highest BCUT2D eigenvalue weighted by atomic mass is 79.9. The third-order valence-electron chi connectivity index (χ3n) is 3.42. The summed E-state index contributed by atoms with van der Waals surface area (Å²) in [5.41, 5.74) is 0.556. The van der Waals surface area contributed by atoms with Crippen LogP contribution in [0.1, 0.15) is 42.5 Å². The number of carbonyl (C=O) groups is 1. The van der Waals surface area contributed by atoms with Gasteiger partial charge in [0.1, 0.15) is 0 Å². The number of rotatable bonds is 2. The highest BCUT2D eigenvalue weighted by molar-refractivity contribution is 9.10. The Bertz CT molecular complexity index is 467. The first-order valence-corrected chi connectivity index (χ1v) is 8.08. The number of carbonyl (C=O) groups excluding carboxylic acids is 1. The third kappa shape index (κ3) is 4.11. The van der Waals surface area contributed by atoms with Crippen molar-refractivity contribution in [2.24, 2.45) is 0 Å². The number of benzene rings is 1. The van der Waals surface area contributed by atoms with E-state index in [4.69, 9.17) is 23.2 Å². The summed E-state index contributed by atoms with van der Waals surface area (Å²) in [6.45, 7) is 0. The highest BCUT2D eigenvalue weighted by Crippen LogP contribution is 2.24. The van der Waals surface area contributed by atoms with Crippen LogP contribution in [0, 0.1) is 0 Å². The zero-order chi connectivity index (χ0) is 13.8. The van der Waals surface area contributed by atoms with Crippen LogP contribution < -0.4 is 5.32 Å². The largest absolute Gasteiger partial charge is 0.348 e. The van der Waals surface area contributed by atoms with E-state index < -0.39 is 0 Å². The standard InChI is InChI=1S/C14H16BrCl2NO/c15-11-7-6-9(16)8-10(11)14(19)18-13-5-3-1-2-4-12(13)17/h6-8,12-13H,1-5H2,(H,18,19). The highest BCUT2D eigenvalue weighted by Gasteiger charge is 2.24. The molecule has 1 saturated carbocycles. The van der Waals surface area contributed by atoms with Crippen LogP contribution in [0.2, 0.25) is 5.02 Å². The summed E-state index contributed by atoms with van der Waals surface area (Å²) < 4.78 is 0.745. The van der Waals surface area contributed by atoms with Crippen molar-refractivity contribution in [3.63, 3.8) is 0 Å². The molecule has 1 amide bonds. The second-order valence-electron chi connectivity index (χ2n) is 4.86. The van der Waals surface area contributed by atoms with E-state index >= 15 is 0 Å². The molecule has 2 nitrogen and oxygen atoms in total. The first-order valence-electron chi connectivity index (χ1n) is 6.48. The molecule has 1 aromatic carbocycles. The van der Waals surface area contributed by atoms with Crippen LogP contribution >= 0.6 is 39.1 Å². The van der Waals surface area contributed by atoms with Crippen LogP contribution in [0.15, 0.2) is 22.7 Å². The van der Waals surface area contributed by atoms with Crippen molar-refractivity contribution in [1.29, 1.82) is 0 Å². The maximum Gasteiger partial charge on any atom is 0.252 e. The summed E-state index contributed by atoms with van der Waals surface area (Å²) in [6, 6.07) is 5.24. The van der Waals surface area contributed by atoms with Gasteiger partial charge in [-0.3, -0.25) is 4.79 Å². The van der Waals surface area contributed by atoms with Gasteiger partial charge in [0, 0.05) is 15.5 Å². The molecule has 1 aromatic rings. The molecule has 0 radical (unpaired) electrons. The molecule has 0 aromatic heterocycles. The topological polar surface area (TPSA) is 29.1 Å². The van der Waals surface area contributed by atoms with Crippen LogP contribution in [-0.4, -0.2) is 17.3 Å². The van der Waals surface area contributed by atoms with Crippen LogP contribution in [0.25, 0.3) is 0 Å². The molecule has 2 rings (SSSR count). The van der Waals surface area contributed by atoms with Crippen LogP contribution in [0.5, 0.6) is 0 Å². The number of alkyl halides is 1. The Labute approximate surface area is 132 Å². The van der Waals surface area contributed by atoms with Gasteiger partial charge in [0.25, 0.3) is 5.91 Å². The molecule has 5 heteroatoms. The molecule has 2 atom stereocenters. The van der Waals surface area contributed by atoms with E-state index in [1.165, 1.54) is 6.42 Å². The lowest BCUT2D eigenvalue weighted by atomic mass is 10.1. The van der Waals surface area contributed by atoms with Gasteiger partial charge in [-0.25, -0.2) is 0 Å². The molecule has 1 fully saturated rings. The molecule has 2 unspecified atom stereocenters. The van der Waals surface area contributed by atoms with Crippen molar-refractivity contribution < 1.29 is 4.79 Å². The molecule has 1 aliphatic carbocycles. The lowest BCUT2D eigenvalue weighted by Crippen LogP contribution is -2.40. The van der Waals surface area contributed by atoms with Gasteiger partial charge in [-0.05, 0) is 47.0 Å². The van der Waals surface area contributed by atoms with Gasteiger partial charge >= 0.3 is 0 Å². The Kier molecular flexibility index (Phi) is 5.55. The average Bonchev–Trinajstić information content (AvgIpc) is 2.58. The molecule has 0 bridgehead atoms. The van der Waals surface area contributed by atoms with E-state index in [9.17, 15) is 4.79 Å². The Morgan fingerprint density at radius 2 is 2.00 bits per heavy atom. The molecular weight excluding hydrogens is 349 g/mol. The fourth-order valence-electron chi connectivity index (χ4n) is 2.34. The lowest BCUT2D eigenvalue weighted by molar-refractivity contribution is 0.0933. The van der Waals surface area contributed by atoms with Crippen molar-refractivity contribution in [2.75, 3.05) is 0 Å². The zero-order valence-corrected chi connectivity index (χ0v) is 13.6. The van der Waals surface area contributed by atoms with E-state index in [2.05, 4.69) is 21.2 Å². The van der Waals surface area contributed by atoms with Crippen LogP contribution in [0.4, 0.5) is 0 Å². The van der Waals surface area contributed by atoms with Gasteiger partial charge in [0.2, 0.25) is 0 Å². The van der Waals surface area contributed by atoms with Crippen LogP contribution in [0.3, 0.4) is 0 Å². The summed E-state index contributed by atoms with van der Waals surface area (Å²) >= 11 is 15.6. The molecule has 104 valence electrons. The second kappa shape index (κ2) is 6.96. The van der Waals surface area contributed by atoms with Crippen molar-refractivity contribution in [3.8, 4) is 0 Å². The monoisotopic (exact) mass is 363 g/mol. The van der Waals surface area contributed by atoms with Crippen molar-refractivity contribution >= 4 is 45.0 Å². The normalized spacial score (nSPS) is 23.7. The van der Waals surface area contributed by atoms with E-state index in [1.807, 2.05) is 0 Å². The molecule has 19 heavy (non-hydrogen) atoms. The molecule has 0 heterocycles. The van der Waals surface area contributed by atoms with Crippen molar-refractivity contribution in [2.45, 2.75) is 43.5 Å².